The van der Waals surface area contributed by atoms with E-state index >= 15 is 0 Å². The summed E-state index contributed by atoms with van der Waals surface area (Å²) in [6.07, 6.45) is 5.78. The highest BCUT2D eigenvalue weighted by molar-refractivity contribution is 6.06. The van der Waals surface area contributed by atoms with E-state index in [1.165, 1.54) is 0 Å². The van der Waals surface area contributed by atoms with Crippen molar-refractivity contribution in [2.45, 2.75) is 19.3 Å². The van der Waals surface area contributed by atoms with Crippen LogP contribution in [-0.4, -0.2) is 45.3 Å². The minimum Gasteiger partial charge on any atom is -0.357 e. The molecule has 170 valence electrons. The van der Waals surface area contributed by atoms with Gasteiger partial charge in [-0.25, -0.2) is 4.98 Å². The van der Waals surface area contributed by atoms with Crippen molar-refractivity contribution in [3.8, 4) is 22.4 Å². The fraction of sp³-hybridized carbons (Fsp3) is 0.185. The van der Waals surface area contributed by atoms with Crippen molar-refractivity contribution in [1.29, 1.82) is 0 Å². The lowest BCUT2D eigenvalue weighted by Gasteiger charge is -2.23. The van der Waals surface area contributed by atoms with Gasteiger partial charge in [0.2, 0.25) is 5.91 Å². The van der Waals surface area contributed by atoms with Crippen molar-refractivity contribution in [2.24, 2.45) is 0 Å². The summed E-state index contributed by atoms with van der Waals surface area (Å²) in [5, 5.41) is 2.93. The number of amides is 2. The van der Waals surface area contributed by atoms with Gasteiger partial charge in [-0.3, -0.25) is 14.6 Å². The largest absolute Gasteiger partial charge is 0.357 e. The molecule has 1 aromatic carbocycles. The number of aromatic amines is 1. The van der Waals surface area contributed by atoms with Crippen molar-refractivity contribution in [3.63, 3.8) is 0 Å². The van der Waals surface area contributed by atoms with Gasteiger partial charge in [0, 0.05) is 55.4 Å². The maximum atomic E-state index is 13.1. The van der Waals surface area contributed by atoms with E-state index in [-0.39, 0.29) is 17.7 Å². The van der Waals surface area contributed by atoms with Crippen LogP contribution in [0.1, 0.15) is 34.5 Å². The predicted octanol–water partition coefficient (Wildman–Crippen LogP) is 4.51. The third-order valence-corrected chi connectivity index (χ3v) is 6.30. The molecule has 2 amide bonds. The van der Waals surface area contributed by atoms with Crippen LogP contribution in [0.2, 0.25) is 0 Å². The molecular formula is C27H25N5O2. The number of hydrogen-bond donors (Lipinski definition) is 2. The fourth-order valence-corrected chi connectivity index (χ4v) is 4.35. The van der Waals surface area contributed by atoms with E-state index in [0.717, 1.165) is 40.1 Å². The number of hydrogen-bond acceptors (Lipinski definition) is 4. The molecule has 0 fully saturated rings. The maximum Gasteiger partial charge on any atom is 0.256 e. The van der Waals surface area contributed by atoms with Gasteiger partial charge in [-0.1, -0.05) is 30.3 Å². The number of rotatable bonds is 5. The predicted molar refractivity (Wildman–Crippen MR) is 131 cm³/mol. The van der Waals surface area contributed by atoms with Crippen LogP contribution < -0.4 is 5.32 Å². The summed E-state index contributed by atoms with van der Waals surface area (Å²) in [4.78, 5) is 39.6. The molecule has 0 unspecified atom stereocenters. The Kier molecular flexibility index (Phi) is 5.67. The molecule has 0 radical (unpaired) electrons. The van der Waals surface area contributed by atoms with Gasteiger partial charge < -0.3 is 15.2 Å². The van der Waals surface area contributed by atoms with E-state index in [4.69, 9.17) is 0 Å². The second-order valence-electron chi connectivity index (χ2n) is 8.49. The summed E-state index contributed by atoms with van der Waals surface area (Å²) >= 11 is 0. The highest BCUT2D eigenvalue weighted by Crippen LogP contribution is 2.39. The van der Waals surface area contributed by atoms with Crippen LogP contribution in [0.3, 0.4) is 0 Å². The first-order chi connectivity index (χ1) is 16.5. The monoisotopic (exact) mass is 451 g/mol. The molecular weight excluding hydrogens is 426 g/mol. The second kappa shape index (κ2) is 8.94. The average molecular weight is 452 g/mol. The molecule has 7 heteroatoms. The lowest BCUT2D eigenvalue weighted by atomic mass is 9.94. The van der Waals surface area contributed by atoms with Crippen molar-refractivity contribution in [3.05, 3.63) is 90.0 Å². The maximum absolute atomic E-state index is 13.1. The highest BCUT2D eigenvalue weighted by Gasteiger charge is 2.30. The average Bonchev–Trinajstić information content (AvgIpc) is 3.27. The van der Waals surface area contributed by atoms with Gasteiger partial charge in [0.15, 0.2) is 0 Å². The third kappa shape index (κ3) is 3.96. The van der Waals surface area contributed by atoms with Crippen molar-refractivity contribution >= 4 is 17.6 Å². The van der Waals surface area contributed by atoms with Crippen LogP contribution in [0.4, 0.5) is 5.82 Å². The van der Waals surface area contributed by atoms with E-state index in [0.29, 0.717) is 17.9 Å². The normalized spacial score (nSPS) is 13.9. The van der Waals surface area contributed by atoms with E-state index in [1.807, 2.05) is 68.6 Å². The number of anilines is 1. The summed E-state index contributed by atoms with van der Waals surface area (Å²) in [5.41, 5.74) is 6.07. The van der Waals surface area contributed by atoms with Crippen LogP contribution in [0, 0.1) is 0 Å². The molecule has 4 heterocycles. The zero-order valence-corrected chi connectivity index (χ0v) is 19.1. The number of carbonyl (C=O) groups excluding carboxylic acids is 2. The number of fused-ring (bicyclic) bond motifs is 1. The Morgan fingerprint density at radius 2 is 1.79 bits per heavy atom. The zero-order valence-electron chi connectivity index (χ0n) is 19.1. The van der Waals surface area contributed by atoms with Crippen molar-refractivity contribution in [2.75, 3.05) is 18.9 Å². The first-order valence-electron chi connectivity index (χ1n) is 11.3. The Morgan fingerprint density at radius 3 is 2.56 bits per heavy atom. The number of aromatic nitrogens is 3. The summed E-state index contributed by atoms with van der Waals surface area (Å²) < 4.78 is 0. The Morgan fingerprint density at radius 1 is 1.03 bits per heavy atom. The van der Waals surface area contributed by atoms with Gasteiger partial charge in [0.25, 0.3) is 5.91 Å². The number of H-pyrrole nitrogens is 1. The molecule has 0 saturated carbocycles. The highest BCUT2D eigenvalue weighted by atomic mass is 16.2. The SMILES string of the molecule is C[C@@H](C(=O)Nc1cc(-c2[nH]c3c(c2-c2ccccc2)C(=O)N(C)CC3)ccn1)c1ccncc1. The second-order valence-corrected chi connectivity index (χ2v) is 8.49. The zero-order chi connectivity index (χ0) is 23.7. The molecule has 0 bridgehead atoms. The Hall–Kier alpha value is -4.26. The molecule has 1 aliphatic heterocycles. The summed E-state index contributed by atoms with van der Waals surface area (Å²) in [6.45, 7) is 2.52. The van der Waals surface area contributed by atoms with Gasteiger partial charge in [-0.2, -0.15) is 0 Å². The standard InChI is InChI=1S/C27H25N5O2/c1-17(18-8-12-28-13-9-18)26(33)31-22-16-20(10-14-29-22)25-23(19-6-4-3-5-7-19)24-21(30-25)11-15-32(2)27(24)34/h3-10,12-14,16-17,30H,11,15H2,1-2H3,(H,29,31,33)/t17-/m1/s1. The van der Waals surface area contributed by atoms with Gasteiger partial charge in [-0.15, -0.1) is 0 Å². The van der Waals surface area contributed by atoms with Crippen molar-refractivity contribution < 1.29 is 9.59 Å². The Bertz CT molecular complexity index is 1350. The smallest absolute Gasteiger partial charge is 0.256 e. The quantitative estimate of drug-likeness (QED) is 0.467. The number of pyridine rings is 2. The van der Waals surface area contributed by atoms with E-state index in [1.54, 1.807) is 23.5 Å². The minimum atomic E-state index is -0.348. The van der Waals surface area contributed by atoms with Crippen LogP contribution >= 0.6 is 0 Å². The molecule has 1 atom stereocenters. The molecule has 3 aromatic heterocycles. The first-order valence-corrected chi connectivity index (χ1v) is 11.3. The third-order valence-electron chi connectivity index (χ3n) is 6.30. The molecule has 1 aliphatic rings. The van der Waals surface area contributed by atoms with Crippen LogP contribution in [0.25, 0.3) is 22.4 Å². The van der Waals surface area contributed by atoms with Crippen LogP contribution in [0.5, 0.6) is 0 Å². The molecule has 2 N–H and O–H groups in total. The molecule has 5 rings (SSSR count). The summed E-state index contributed by atoms with van der Waals surface area (Å²) in [7, 11) is 1.83. The van der Waals surface area contributed by atoms with Crippen LogP contribution in [0.15, 0.2) is 73.2 Å². The Labute approximate surface area is 197 Å². The topological polar surface area (TPSA) is 91.0 Å². The van der Waals surface area contributed by atoms with E-state index < -0.39 is 0 Å². The minimum absolute atomic E-state index is 0.0105. The van der Waals surface area contributed by atoms with Gasteiger partial charge >= 0.3 is 0 Å². The number of nitrogens with one attached hydrogen (secondary N) is 2. The van der Waals surface area contributed by atoms with Gasteiger partial charge in [-0.05, 0) is 42.3 Å². The molecule has 7 nitrogen and oxygen atoms in total. The molecule has 0 spiro atoms. The number of carbonyl (C=O) groups is 2. The van der Waals surface area contributed by atoms with Crippen LogP contribution in [-0.2, 0) is 11.2 Å². The number of benzene rings is 1. The van der Waals surface area contributed by atoms with Gasteiger partial charge in [0.05, 0.1) is 17.2 Å². The first kappa shape index (κ1) is 21.6. The number of likely N-dealkylation sites (N-methyl/N-ethyl adjacent to an activating group) is 1. The molecule has 0 saturated heterocycles. The van der Waals surface area contributed by atoms with E-state index in [9.17, 15) is 9.59 Å². The summed E-state index contributed by atoms with van der Waals surface area (Å²) in [6, 6.07) is 17.3. The lowest BCUT2D eigenvalue weighted by molar-refractivity contribution is -0.117. The number of nitrogens with zero attached hydrogens (tertiary/aromatic N) is 3. The fourth-order valence-electron chi connectivity index (χ4n) is 4.35. The van der Waals surface area contributed by atoms with Crippen molar-refractivity contribution in [1.82, 2.24) is 19.9 Å². The van der Waals surface area contributed by atoms with Gasteiger partial charge in [0.1, 0.15) is 5.82 Å². The lowest BCUT2D eigenvalue weighted by Crippen LogP contribution is -2.34. The van der Waals surface area contributed by atoms with E-state index in [2.05, 4.69) is 20.3 Å². The molecule has 34 heavy (non-hydrogen) atoms. The molecule has 4 aromatic rings. The Balaban J connectivity index is 1.53. The molecule has 0 aliphatic carbocycles. The summed E-state index contributed by atoms with van der Waals surface area (Å²) in [5.74, 6) is -0.0317.